The van der Waals surface area contributed by atoms with E-state index in [1.807, 2.05) is 12.1 Å². The summed E-state index contributed by atoms with van der Waals surface area (Å²) in [7, 11) is 3.21. The van der Waals surface area contributed by atoms with Gasteiger partial charge in [0.25, 0.3) is 5.91 Å². The molecule has 3 aromatic carbocycles. The van der Waals surface area contributed by atoms with E-state index in [2.05, 4.69) is 53.1 Å². The molecule has 0 spiro atoms. The van der Waals surface area contributed by atoms with Crippen molar-refractivity contribution in [1.29, 1.82) is 0 Å². The minimum absolute atomic E-state index is 0.140. The summed E-state index contributed by atoms with van der Waals surface area (Å²) in [6.45, 7) is 0. The van der Waals surface area contributed by atoms with Crippen LogP contribution in [0.1, 0.15) is 52.7 Å². The predicted octanol–water partition coefficient (Wildman–Crippen LogP) is 6.25. The molecule has 3 aromatic rings. The van der Waals surface area contributed by atoms with Gasteiger partial charge in [-0.05, 0) is 84.4 Å². The normalized spacial score (nSPS) is 26.2. The molecular formula is C29H30N2O3. The number of anilines is 2. The Kier molecular flexibility index (Phi) is 5.20. The molecule has 1 amide bonds. The highest BCUT2D eigenvalue weighted by molar-refractivity contribution is 6.05. The van der Waals surface area contributed by atoms with Gasteiger partial charge in [0.15, 0.2) is 0 Å². The van der Waals surface area contributed by atoms with Crippen molar-refractivity contribution in [3.05, 3.63) is 83.4 Å². The highest BCUT2D eigenvalue weighted by Crippen LogP contribution is 2.63. The summed E-state index contributed by atoms with van der Waals surface area (Å²) >= 11 is 0. The number of methoxy groups -OCH3 is 2. The quantitative estimate of drug-likeness (QED) is 0.478. The van der Waals surface area contributed by atoms with Crippen molar-refractivity contribution in [3.63, 3.8) is 0 Å². The molecule has 2 aliphatic carbocycles. The maximum atomic E-state index is 13.3. The maximum Gasteiger partial charge on any atom is 0.255 e. The highest BCUT2D eigenvalue weighted by Gasteiger charge is 2.53. The van der Waals surface area contributed by atoms with Gasteiger partial charge in [0.2, 0.25) is 0 Å². The highest BCUT2D eigenvalue weighted by atomic mass is 16.5. The van der Waals surface area contributed by atoms with E-state index < -0.39 is 0 Å². The first-order valence-corrected chi connectivity index (χ1v) is 12.1. The first-order chi connectivity index (χ1) is 16.7. The largest absolute Gasteiger partial charge is 0.497 e. The summed E-state index contributed by atoms with van der Waals surface area (Å²) in [5.74, 6) is 3.66. The van der Waals surface area contributed by atoms with Crippen molar-refractivity contribution in [3.8, 4) is 11.5 Å². The Balaban J connectivity index is 1.33. The van der Waals surface area contributed by atoms with Crippen molar-refractivity contribution < 1.29 is 14.3 Å². The monoisotopic (exact) mass is 454 g/mol. The average Bonchev–Trinajstić information content (AvgIpc) is 3.51. The lowest BCUT2D eigenvalue weighted by Gasteiger charge is -2.43. The Labute approximate surface area is 200 Å². The number of nitrogens with one attached hydrogen (secondary N) is 2. The van der Waals surface area contributed by atoms with E-state index in [1.54, 1.807) is 26.4 Å². The summed E-state index contributed by atoms with van der Waals surface area (Å²) in [6, 6.07) is 22.7. The van der Waals surface area contributed by atoms with Crippen LogP contribution in [-0.4, -0.2) is 20.1 Å². The minimum atomic E-state index is -0.140. The number of hydrogen-bond donors (Lipinski definition) is 2. The molecule has 3 aliphatic rings. The summed E-state index contributed by atoms with van der Waals surface area (Å²) < 4.78 is 10.8. The van der Waals surface area contributed by atoms with Crippen molar-refractivity contribution in [2.75, 3.05) is 24.9 Å². The van der Waals surface area contributed by atoms with E-state index in [9.17, 15) is 4.79 Å². The molecule has 0 radical (unpaired) electrons. The van der Waals surface area contributed by atoms with Crippen molar-refractivity contribution >= 4 is 17.3 Å². The first-order valence-electron chi connectivity index (χ1n) is 12.1. The zero-order chi connectivity index (χ0) is 23.2. The van der Waals surface area contributed by atoms with E-state index >= 15 is 0 Å². The van der Waals surface area contributed by atoms with Gasteiger partial charge in [-0.1, -0.05) is 30.3 Å². The van der Waals surface area contributed by atoms with Crippen LogP contribution in [-0.2, 0) is 0 Å². The van der Waals surface area contributed by atoms with E-state index in [4.69, 9.17) is 9.47 Å². The Morgan fingerprint density at radius 1 is 0.941 bits per heavy atom. The number of fused-ring (bicyclic) bond motifs is 7. The van der Waals surface area contributed by atoms with Gasteiger partial charge in [-0.3, -0.25) is 4.79 Å². The number of benzene rings is 3. The molecule has 5 heteroatoms. The number of rotatable bonds is 5. The third-order valence-corrected chi connectivity index (χ3v) is 8.16. The third-order valence-electron chi connectivity index (χ3n) is 8.16. The van der Waals surface area contributed by atoms with Crippen LogP contribution in [0, 0.1) is 17.8 Å². The third kappa shape index (κ3) is 3.42. The number of hydrogen-bond acceptors (Lipinski definition) is 4. The van der Waals surface area contributed by atoms with E-state index in [1.165, 1.54) is 30.4 Å². The number of amides is 1. The number of ether oxygens (including phenoxy) is 2. The molecule has 2 N–H and O–H groups in total. The van der Waals surface area contributed by atoms with E-state index in [0.717, 1.165) is 11.6 Å². The van der Waals surface area contributed by atoms with E-state index in [0.29, 0.717) is 46.5 Å². The second-order valence-corrected chi connectivity index (χ2v) is 9.79. The van der Waals surface area contributed by atoms with Gasteiger partial charge in [0, 0.05) is 17.3 Å². The Hall–Kier alpha value is -3.47. The maximum absolute atomic E-state index is 13.3. The minimum Gasteiger partial charge on any atom is -0.497 e. The molecule has 0 aromatic heterocycles. The fourth-order valence-corrected chi connectivity index (χ4v) is 6.72. The second kappa shape index (κ2) is 8.39. The zero-order valence-electron chi connectivity index (χ0n) is 19.6. The van der Waals surface area contributed by atoms with Crippen molar-refractivity contribution in [1.82, 2.24) is 0 Å². The van der Waals surface area contributed by atoms with Crippen molar-refractivity contribution in [2.45, 2.75) is 31.2 Å². The van der Waals surface area contributed by atoms with Gasteiger partial charge >= 0.3 is 0 Å². The van der Waals surface area contributed by atoms with Gasteiger partial charge in [0.05, 0.1) is 25.9 Å². The molecule has 6 rings (SSSR count). The molecule has 1 heterocycles. The molecule has 174 valence electrons. The smallest absolute Gasteiger partial charge is 0.255 e. The lowest BCUT2D eigenvalue weighted by Crippen LogP contribution is -2.35. The van der Waals surface area contributed by atoms with Crippen LogP contribution >= 0.6 is 0 Å². The molecular weight excluding hydrogens is 424 g/mol. The van der Waals surface area contributed by atoms with Crippen LogP contribution in [0.2, 0.25) is 0 Å². The van der Waals surface area contributed by atoms with Gasteiger partial charge in [-0.2, -0.15) is 0 Å². The molecule has 5 nitrogen and oxygen atoms in total. The predicted molar refractivity (Wildman–Crippen MR) is 134 cm³/mol. The number of carbonyl (C=O) groups excluding carboxylic acids is 1. The zero-order valence-corrected chi connectivity index (χ0v) is 19.6. The van der Waals surface area contributed by atoms with Crippen LogP contribution in [0.4, 0.5) is 11.4 Å². The van der Waals surface area contributed by atoms with Crippen LogP contribution in [0.3, 0.4) is 0 Å². The average molecular weight is 455 g/mol. The Morgan fingerprint density at radius 3 is 2.56 bits per heavy atom. The topological polar surface area (TPSA) is 59.6 Å². The Morgan fingerprint density at radius 2 is 1.76 bits per heavy atom. The van der Waals surface area contributed by atoms with Crippen molar-refractivity contribution in [2.24, 2.45) is 17.8 Å². The van der Waals surface area contributed by atoms with Crippen LogP contribution < -0.4 is 20.1 Å². The van der Waals surface area contributed by atoms with Crippen LogP contribution in [0.15, 0.2) is 66.7 Å². The Bertz CT molecular complexity index is 1230. The van der Waals surface area contributed by atoms with Crippen LogP contribution in [0.25, 0.3) is 0 Å². The lowest BCUT2D eigenvalue weighted by molar-refractivity contribution is 0.102. The summed E-state index contributed by atoms with van der Waals surface area (Å²) in [4.78, 5) is 13.3. The first kappa shape index (κ1) is 21.1. The molecule has 2 bridgehead atoms. The fourth-order valence-electron chi connectivity index (χ4n) is 6.72. The fraction of sp³-hybridized carbons (Fsp3) is 0.345. The summed E-state index contributed by atoms with van der Waals surface area (Å²) in [6.07, 6.45) is 3.92. The van der Waals surface area contributed by atoms with Crippen LogP contribution in [0.5, 0.6) is 11.5 Å². The molecule has 5 atom stereocenters. The van der Waals surface area contributed by atoms with Gasteiger partial charge in [-0.25, -0.2) is 0 Å². The summed E-state index contributed by atoms with van der Waals surface area (Å²) in [5.41, 5.74) is 5.10. The van der Waals surface area contributed by atoms with Gasteiger partial charge < -0.3 is 20.1 Å². The van der Waals surface area contributed by atoms with E-state index in [-0.39, 0.29) is 5.91 Å². The molecule has 0 unspecified atom stereocenters. The van der Waals surface area contributed by atoms with Gasteiger partial charge in [0.1, 0.15) is 11.5 Å². The second-order valence-electron chi connectivity index (χ2n) is 9.79. The van der Waals surface area contributed by atoms with Gasteiger partial charge in [-0.15, -0.1) is 0 Å². The summed E-state index contributed by atoms with van der Waals surface area (Å²) in [5, 5.41) is 6.87. The lowest BCUT2D eigenvalue weighted by atomic mass is 9.68. The molecule has 2 fully saturated rings. The molecule has 2 saturated carbocycles. The number of carbonyl (C=O) groups is 1. The molecule has 0 saturated heterocycles. The standard InChI is InChI=1S/C29H30N2O3/c1-33-21-11-13-25(34-2)24(16-21)31-29(32)20-10-12-23-22(15-20)26-18-8-9-19(14-18)27(26)28(30-23)17-6-4-3-5-7-17/h3-7,10-13,15-16,18-19,26-28,30H,8-9,14H2,1-2H3,(H,31,32)/t18-,19-,26-,27+,28-/m0/s1. The SMILES string of the molecule is COc1ccc(OC)c(NC(=O)c2ccc3c(c2)[C@@H]2[C@H]4CC[C@@H](C4)[C@H]2[C@H](c2ccccc2)N3)c1. The molecule has 34 heavy (non-hydrogen) atoms. The molecule has 1 aliphatic heterocycles.